The first-order chi connectivity index (χ1) is 14.9. The molecular weight excluding hydrogens is 420 g/mol. The van der Waals surface area contributed by atoms with Crippen LogP contribution in [0.25, 0.3) is 0 Å². The van der Waals surface area contributed by atoms with Crippen molar-refractivity contribution < 1.29 is 27.5 Å². The zero-order valence-corrected chi connectivity index (χ0v) is 18.2. The third-order valence-corrected chi connectivity index (χ3v) is 6.71. The second-order valence-electron chi connectivity index (χ2n) is 7.05. The van der Waals surface area contributed by atoms with Gasteiger partial charge in [-0.15, -0.1) is 0 Å². The van der Waals surface area contributed by atoms with E-state index in [1.54, 1.807) is 24.3 Å². The highest BCUT2D eigenvalue weighted by molar-refractivity contribution is 7.89. The Balaban J connectivity index is 1.62. The number of carbonyl (C=O) groups is 2. The molecule has 166 valence electrons. The summed E-state index contributed by atoms with van der Waals surface area (Å²) in [6.45, 7) is 2.71. The molecule has 3 rings (SSSR count). The van der Waals surface area contributed by atoms with Crippen molar-refractivity contribution in [3.63, 3.8) is 0 Å². The predicted molar refractivity (Wildman–Crippen MR) is 116 cm³/mol. The minimum Gasteiger partial charge on any atom is -0.492 e. The molecule has 0 radical (unpaired) electrons. The Morgan fingerprint density at radius 1 is 1.03 bits per heavy atom. The largest absolute Gasteiger partial charge is 0.492 e. The third-order valence-electron chi connectivity index (χ3n) is 4.82. The molecule has 31 heavy (non-hydrogen) atoms. The van der Waals surface area contributed by atoms with Gasteiger partial charge < -0.3 is 14.8 Å². The number of rotatable bonds is 8. The van der Waals surface area contributed by atoms with Crippen molar-refractivity contribution >= 4 is 27.6 Å². The molecule has 2 aromatic carbocycles. The van der Waals surface area contributed by atoms with Gasteiger partial charge in [-0.25, -0.2) is 13.2 Å². The normalized spacial score (nSPS) is 14.6. The average molecular weight is 447 g/mol. The lowest BCUT2D eigenvalue weighted by atomic mass is 10.2. The number of hydrogen-bond donors (Lipinski definition) is 1. The lowest BCUT2D eigenvalue weighted by Crippen LogP contribution is -2.35. The van der Waals surface area contributed by atoms with Gasteiger partial charge in [0.05, 0.1) is 22.8 Å². The van der Waals surface area contributed by atoms with E-state index in [4.69, 9.17) is 9.47 Å². The maximum Gasteiger partial charge on any atom is 0.338 e. The van der Waals surface area contributed by atoms with Gasteiger partial charge in [0.2, 0.25) is 10.0 Å². The number of nitrogens with zero attached hydrogens (tertiary/aromatic N) is 1. The summed E-state index contributed by atoms with van der Waals surface area (Å²) in [4.78, 5) is 24.6. The summed E-state index contributed by atoms with van der Waals surface area (Å²) in [6, 6.07) is 12.6. The number of para-hydroxylation sites is 2. The van der Waals surface area contributed by atoms with E-state index in [2.05, 4.69) is 5.32 Å². The van der Waals surface area contributed by atoms with Gasteiger partial charge in [-0.2, -0.15) is 4.31 Å². The van der Waals surface area contributed by atoms with E-state index < -0.39 is 28.5 Å². The van der Waals surface area contributed by atoms with Gasteiger partial charge in [-0.05, 0) is 50.1 Å². The predicted octanol–water partition coefficient (Wildman–Crippen LogP) is 3.06. The van der Waals surface area contributed by atoms with Crippen LogP contribution in [0.4, 0.5) is 5.69 Å². The summed E-state index contributed by atoms with van der Waals surface area (Å²) in [7, 11) is -3.67. The molecule has 8 nitrogen and oxygen atoms in total. The Hall–Kier alpha value is -2.91. The highest BCUT2D eigenvalue weighted by Crippen LogP contribution is 2.24. The maximum absolute atomic E-state index is 12.8. The zero-order chi connectivity index (χ0) is 22.3. The third kappa shape index (κ3) is 5.83. The summed E-state index contributed by atoms with van der Waals surface area (Å²) in [5.41, 5.74) is 0.542. The van der Waals surface area contributed by atoms with Crippen LogP contribution < -0.4 is 10.1 Å². The zero-order valence-electron chi connectivity index (χ0n) is 17.4. The fourth-order valence-electron chi connectivity index (χ4n) is 3.29. The highest BCUT2D eigenvalue weighted by Gasteiger charge is 2.26. The molecule has 0 spiro atoms. The molecule has 0 aliphatic carbocycles. The number of sulfonamides is 1. The van der Waals surface area contributed by atoms with E-state index in [1.165, 1.54) is 28.6 Å². The minimum absolute atomic E-state index is 0.0407. The van der Waals surface area contributed by atoms with E-state index in [-0.39, 0.29) is 10.5 Å². The van der Waals surface area contributed by atoms with Crippen LogP contribution in [-0.2, 0) is 19.6 Å². The van der Waals surface area contributed by atoms with Crippen molar-refractivity contribution in [3.8, 4) is 5.75 Å². The average Bonchev–Trinajstić information content (AvgIpc) is 2.79. The van der Waals surface area contributed by atoms with Gasteiger partial charge in [0.15, 0.2) is 6.61 Å². The molecular formula is C22H26N2O6S. The van der Waals surface area contributed by atoms with Crippen LogP contribution in [0.1, 0.15) is 36.5 Å². The lowest BCUT2D eigenvalue weighted by Gasteiger charge is -2.25. The van der Waals surface area contributed by atoms with E-state index in [0.717, 1.165) is 19.3 Å². The molecule has 2 aromatic rings. The van der Waals surface area contributed by atoms with Crippen LogP contribution in [0.5, 0.6) is 5.75 Å². The van der Waals surface area contributed by atoms with Crippen molar-refractivity contribution in [1.29, 1.82) is 0 Å². The highest BCUT2D eigenvalue weighted by atomic mass is 32.2. The molecule has 1 N–H and O–H groups in total. The molecule has 0 aromatic heterocycles. The Kier molecular flexibility index (Phi) is 7.64. The molecule has 0 saturated carbocycles. The monoisotopic (exact) mass is 446 g/mol. The lowest BCUT2D eigenvalue weighted by molar-refractivity contribution is -0.119. The second-order valence-corrected chi connectivity index (χ2v) is 8.98. The summed E-state index contributed by atoms with van der Waals surface area (Å²) >= 11 is 0. The van der Waals surface area contributed by atoms with Gasteiger partial charge in [-0.1, -0.05) is 24.6 Å². The van der Waals surface area contributed by atoms with Crippen LogP contribution >= 0.6 is 0 Å². The number of ether oxygens (including phenoxy) is 2. The smallest absolute Gasteiger partial charge is 0.338 e. The first-order valence-corrected chi connectivity index (χ1v) is 11.6. The SMILES string of the molecule is CCOc1ccccc1NC(=O)COC(=O)c1cccc(S(=O)(=O)N2CCCCC2)c1. The molecule has 1 amide bonds. The summed E-state index contributed by atoms with van der Waals surface area (Å²) in [5.74, 6) is -0.790. The number of anilines is 1. The standard InChI is InChI=1S/C22H26N2O6S/c1-2-29-20-12-5-4-11-19(20)23-21(25)16-30-22(26)17-9-8-10-18(15-17)31(27,28)24-13-6-3-7-14-24/h4-5,8-12,15H,2-3,6-7,13-14,16H2,1H3,(H,23,25). The van der Waals surface area contributed by atoms with Gasteiger partial charge in [0, 0.05) is 13.1 Å². The molecule has 1 aliphatic rings. The van der Waals surface area contributed by atoms with Crippen molar-refractivity contribution in [3.05, 3.63) is 54.1 Å². The molecule has 9 heteroatoms. The number of carbonyl (C=O) groups excluding carboxylic acids is 2. The van der Waals surface area contributed by atoms with Crippen LogP contribution in [-0.4, -0.2) is 50.9 Å². The Morgan fingerprint density at radius 3 is 2.52 bits per heavy atom. The van der Waals surface area contributed by atoms with Crippen molar-refractivity contribution in [2.75, 3.05) is 31.6 Å². The number of amides is 1. The quantitative estimate of drug-likeness (QED) is 0.626. The summed E-state index contributed by atoms with van der Waals surface area (Å²) in [6.07, 6.45) is 2.65. The number of esters is 1. The number of nitrogens with one attached hydrogen (secondary N) is 1. The number of benzene rings is 2. The second kappa shape index (κ2) is 10.4. The van der Waals surface area contributed by atoms with E-state index >= 15 is 0 Å². The van der Waals surface area contributed by atoms with Crippen molar-refractivity contribution in [2.24, 2.45) is 0 Å². The molecule has 0 bridgehead atoms. The van der Waals surface area contributed by atoms with Crippen molar-refractivity contribution in [1.82, 2.24) is 4.31 Å². The first-order valence-electron chi connectivity index (χ1n) is 10.2. The van der Waals surface area contributed by atoms with Crippen LogP contribution in [0.3, 0.4) is 0 Å². The molecule has 1 aliphatic heterocycles. The fraction of sp³-hybridized carbons (Fsp3) is 0.364. The number of hydrogen-bond acceptors (Lipinski definition) is 6. The Morgan fingerprint density at radius 2 is 1.77 bits per heavy atom. The number of piperidine rings is 1. The van der Waals surface area contributed by atoms with Crippen LogP contribution in [0.2, 0.25) is 0 Å². The van der Waals surface area contributed by atoms with Crippen LogP contribution in [0, 0.1) is 0 Å². The maximum atomic E-state index is 12.8. The van der Waals surface area contributed by atoms with Gasteiger partial charge in [0.25, 0.3) is 5.91 Å². The van der Waals surface area contributed by atoms with Gasteiger partial charge >= 0.3 is 5.97 Å². The van der Waals surface area contributed by atoms with Crippen LogP contribution in [0.15, 0.2) is 53.4 Å². The molecule has 0 unspecified atom stereocenters. The van der Waals surface area contributed by atoms with Gasteiger partial charge in [-0.3, -0.25) is 4.79 Å². The summed E-state index contributed by atoms with van der Waals surface area (Å²) in [5, 5.41) is 2.64. The van der Waals surface area contributed by atoms with E-state index in [0.29, 0.717) is 31.1 Å². The fourth-order valence-corrected chi connectivity index (χ4v) is 4.85. The first kappa shape index (κ1) is 22.8. The minimum atomic E-state index is -3.67. The molecule has 1 fully saturated rings. The molecule has 0 atom stereocenters. The van der Waals surface area contributed by atoms with E-state index in [1.807, 2.05) is 6.92 Å². The topological polar surface area (TPSA) is 102 Å². The summed E-state index contributed by atoms with van der Waals surface area (Å²) < 4.78 is 37.6. The molecule has 1 saturated heterocycles. The Labute approximate surface area is 182 Å². The van der Waals surface area contributed by atoms with E-state index in [9.17, 15) is 18.0 Å². The van der Waals surface area contributed by atoms with Gasteiger partial charge in [0.1, 0.15) is 5.75 Å². The Bertz CT molecular complexity index is 1030. The molecule has 1 heterocycles. The van der Waals surface area contributed by atoms with Crippen molar-refractivity contribution in [2.45, 2.75) is 31.1 Å².